The van der Waals surface area contributed by atoms with Gasteiger partial charge in [-0.05, 0) is 30.7 Å². The quantitative estimate of drug-likeness (QED) is 0.606. The number of benzene rings is 2. The highest BCUT2D eigenvalue weighted by molar-refractivity contribution is 9.10. The second kappa shape index (κ2) is 7.25. The van der Waals surface area contributed by atoms with Gasteiger partial charge in [0.15, 0.2) is 0 Å². The summed E-state index contributed by atoms with van der Waals surface area (Å²) < 4.78 is 0.850. The molecule has 1 heterocycles. The van der Waals surface area contributed by atoms with Gasteiger partial charge in [0.1, 0.15) is 0 Å². The number of rotatable bonds is 4. The van der Waals surface area contributed by atoms with Gasteiger partial charge in [-0.3, -0.25) is 19.7 Å². The molecule has 1 aliphatic rings. The number of halogens is 1. The number of anilines is 2. The van der Waals surface area contributed by atoms with Gasteiger partial charge in [0.2, 0.25) is 11.8 Å². The van der Waals surface area contributed by atoms with Gasteiger partial charge < -0.3 is 10.2 Å². The summed E-state index contributed by atoms with van der Waals surface area (Å²) in [6.07, 6.45) is 0.103. The molecule has 1 fully saturated rings. The normalized spacial score (nSPS) is 16.6. The lowest BCUT2D eigenvalue weighted by atomic mass is 10.1. The Kier molecular flexibility index (Phi) is 5.03. The second-order valence-corrected chi connectivity index (χ2v) is 7.05. The fourth-order valence-corrected chi connectivity index (χ4v) is 3.26. The van der Waals surface area contributed by atoms with E-state index >= 15 is 0 Å². The fraction of sp³-hybridized carbons (Fsp3) is 0.222. The number of nitrogens with one attached hydrogen (secondary N) is 1. The number of aryl methyl sites for hydroxylation is 1. The Balaban J connectivity index is 1.75. The molecule has 1 atom stereocenters. The summed E-state index contributed by atoms with van der Waals surface area (Å²) in [6.45, 7) is 2.03. The van der Waals surface area contributed by atoms with Crippen LogP contribution in [0.2, 0.25) is 0 Å². The van der Waals surface area contributed by atoms with Crippen molar-refractivity contribution in [2.45, 2.75) is 13.3 Å². The van der Waals surface area contributed by atoms with Gasteiger partial charge in [0.25, 0.3) is 5.69 Å². The van der Waals surface area contributed by atoms with Crippen LogP contribution in [0.3, 0.4) is 0 Å². The largest absolute Gasteiger partial charge is 0.325 e. The summed E-state index contributed by atoms with van der Waals surface area (Å²) >= 11 is 3.37. The topological polar surface area (TPSA) is 92.5 Å². The maximum Gasteiger partial charge on any atom is 0.271 e. The van der Waals surface area contributed by atoms with E-state index in [4.69, 9.17) is 0 Å². The number of nitrogens with zero attached hydrogens (tertiary/aromatic N) is 2. The van der Waals surface area contributed by atoms with Crippen molar-refractivity contribution < 1.29 is 14.5 Å². The lowest BCUT2D eigenvalue weighted by Gasteiger charge is -2.17. The van der Waals surface area contributed by atoms with Gasteiger partial charge in [-0.1, -0.05) is 28.1 Å². The molecule has 1 N–H and O–H groups in total. The van der Waals surface area contributed by atoms with Crippen molar-refractivity contribution in [3.05, 3.63) is 62.6 Å². The van der Waals surface area contributed by atoms with Crippen molar-refractivity contribution in [1.29, 1.82) is 0 Å². The summed E-state index contributed by atoms with van der Waals surface area (Å²) in [5, 5.41) is 13.6. The summed E-state index contributed by atoms with van der Waals surface area (Å²) in [4.78, 5) is 36.9. The second-order valence-electron chi connectivity index (χ2n) is 6.13. The third-order valence-electron chi connectivity index (χ3n) is 4.31. The van der Waals surface area contributed by atoms with E-state index in [9.17, 15) is 19.7 Å². The molecule has 0 aromatic heterocycles. The first-order valence-corrected chi connectivity index (χ1v) is 8.76. The number of amides is 2. The van der Waals surface area contributed by atoms with E-state index in [1.165, 1.54) is 12.1 Å². The number of hydrogen-bond acceptors (Lipinski definition) is 4. The smallest absolute Gasteiger partial charge is 0.271 e. The molecule has 1 aliphatic heterocycles. The zero-order chi connectivity index (χ0) is 18.8. The monoisotopic (exact) mass is 417 g/mol. The minimum absolute atomic E-state index is 0.0934. The van der Waals surface area contributed by atoms with Crippen LogP contribution in [0.4, 0.5) is 17.1 Å². The van der Waals surface area contributed by atoms with E-state index < -0.39 is 10.8 Å². The van der Waals surface area contributed by atoms with Crippen molar-refractivity contribution in [3.63, 3.8) is 0 Å². The van der Waals surface area contributed by atoms with Crippen LogP contribution in [0.1, 0.15) is 12.0 Å². The van der Waals surface area contributed by atoms with Crippen LogP contribution in [0.25, 0.3) is 0 Å². The summed E-state index contributed by atoms with van der Waals surface area (Å²) in [5.74, 6) is -0.960. The van der Waals surface area contributed by atoms with Crippen molar-refractivity contribution in [1.82, 2.24) is 0 Å². The Labute approximate surface area is 158 Å². The molecule has 0 radical (unpaired) electrons. The molecule has 3 rings (SSSR count). The Morgan fingerprint density at radius 2 is 2.08 bits per heavy atom. The van der Waals surface area contributed by atoms with Gasteiger partial charge in [0, 0.05) is 35.3 Å². The minimum Gasteiger partial charge on any atom is -0.325 e. The SMILES string of the molecule is Cc1ccc([N+](=O)[O-])cc1NC(=O)C1CC(=O)N(c2cccc(Br)c2)C1. The molecule has 1 saturated heterocycles. The van der Waals surface area contributed by atoms with E-state index in [0.717, 1.165) is 15.7 Å². The highest BCUT2D eigenvalue weighted by atomic mass is 79.9. The molecule has 2 aromatic rings. The van der Waals surface area contributed by atoms with Crippen molar-refractivity contribution in [2.75, 3.05) is 16.8 Å². The van der Waals surface area contributed by atoms with Crippen LogP contribution in [-0.4, -0.2) is 23.3 Å². The van der Waals surface area contributed by atoms with Crippen molar-refractivity contribution in [2.24, 2.45) is 5.92 Å². The van der Waals surface area contributed by atoms with Crippen LogP contribution in [0.15, 0.2) is 46.9 Å². The molecular weight excluding hydrogens is 402 g/mol. The minimum atomic E-state index is -0.514. The molecule has 0 saturated carbocycles. The van der Waals surface area contributed by atoms with Gasteiger partial charge in [-0.25, -0.2) is 0 Å². The first-order chi connectivity index (χ1) is 12.3. The van der Waals surface area contributed by atoms with Gasteiger partial charge in [-0.2, -0.15) is 0 Å². The third-order valence-corrected chi connectivity index (χ3v) is 4.80. The zero-order valence-corrected chi connectivity index (χ0v) is 15.5. The number of non-ortho nitro benzene ring substituents is 1. The van der Waals surface area contributed by atoms with Gasteiger partial charge >= 0.3 is 0 Å². The lowest BCUT2D eigenvalue weighted by Crippen LogP contribution is -2.28. The number of nitro benzene ring substituents is 1. The number of nitro groups is 1. The Hall–Kier alpha value is -2.74. The van der Waals surface area contributed by atoms with E-state index in [2.05, 4.69) is 21.2 Å². The molecule has 0 spiro atoms. The van der Waals surface area contributed by atoms with Crippen LogP contribution >= 0.6 is 15.9 Å². The third kappa shape index (κ3) is 3.75. The predicted octanol–water partition coefficient (Wildman–Crippen LogP) is 3.66. The van der Waals surface area contributed by atoms with E-state index in [-0.39, 0.29) is 30.5 Å². The highest BCUT2D eigenvalue weighted by Crippen LogP contribution is 2.29. The average Bonchev–Trinajstić information content (AvgIpc) is 2.98. The molecule has 0 bridgehead atoms. The first-order valence-electron chi connectivity index (χ1n) is 7.97. The number of hydrogen-bond donors (Lipinski definition) is 1. The number of carbonyl (C=O) groups is 2. The Morgan fingerprint density at radius 1 is 1.31 bits per heavy atom. The summed E-state index contributed by atoms with van der Waals surface area (Å²) in [5.41, 5.74) is 1.74. The van der Waals surface area contributed by atoms with Crippen LogP contribution in [-0.2, 0) is 9.59 Å². The molecule has 7 nitrogen and oxygen atoms in total. The average molecular weight is 418 g/mol. The molecular formula is C18H16BrN3O4. The van der Waals surface area contributed by atoms with Gasteiger partial charge in [-0.15, -0.1) is 0 Å². The van der Waals surface area contributed by atoms with E-state index in [0.29, 0.717) is 5.69 Å². The standard InChI is InChI=1S/C18H16BrN3O4/c1-11-5-6-15(22(25)26)9-16(11)20-18(24)12-7-17(23)21(10-12)14-4-2-3-13(19)8-14/h2-6,8-9,12H,7,10H2,1H3,(H,20,24). The first kappa shape index (κ1) is 18.1. The maximum atomic E-state index is 12.6. The molecule has 134 valence electrons. The molecule has 1 unspecified atom stereocenters. The predicted molar refractivity (Wildman–Crippen MR) is 101 cm³/mol. The summed E-state index contributed by atoms with van der Waals surface area (Å²) in [6, 6.07) is 11.6. The Bertz CT molecular complexity index is 900. The van der Waals surface area contributed by atoms with Crippen LogP contribution < -0.4 is 10.2 Å². The highest BCUT2D eigenvalue weighted by Gasteiger charge is 2.35. The molecule has 2 amide bonds. The molecule has 2 aromatic carbocycles. The van der Waals surface area contributed by atoms with Crippen molar-refractivity contribution in [3.8, 4) is 0 Å². The van der Waals surface area contributed by atoms with Crippen LogP contribution in [0.5, 0.6) is 0 Å². The Morgan fingerprint density at radius 3 is 2.77 bits per heavy atom. The molecule has 0 aliphatic carbocycles. The molecule has 8 heteroatoms. The maximum absolute atomic E-state index is 12.6. The van der Waals surface area contributed by atoms with Crippen molar-refractivity contribution >= 4 is 44.8 Å². The number of carbonyl (C=O) groups excluding carboxylic acids is 2. The van der Waals surface area contributed by atoms with Crippen LogP contribution in [0, 0.1) is 23.0 Å². The lowest BCUT2D eigenvalue weighted by molar-refractivity contribution is -0.384. The zero-order valence-electron chi connectivity index (χ0n) is 13.9. The van der Waals surface area contributed by atoms with E-state index in [1.807, 2.05) is 24.3 Å². The van der Waals surface area contributed by atoms with E-state index in [1.54, 1.807) is 17.9 Å². The molecule has 26 heavy (non-hydrogen) atoms. The fourth-order valence-electron chi connectivity index (χ4n) is 2.87. The van der Waals surface area contributed by atoms with Gasteiger partial charge in [0.05, 0.1) is 16.5 Å². The summed E-state index contributed by atoms with van der Waals surface area (Å²) in [7, 11) is 0.